The third kappa shape index (κ3) is 3.33. The molecule has 0 spiro atoms. The Morgan fingerprint density at radius 1 is 1.33 bits per heavy atom. The fraction of sp³-hybridized carbons (Fsp3) is 0.500. The van der Waals surface area contributed by atoms with Gasteiger partial charge in [-0.25, -0.2) is 4.68 Å². The number of hydrogen-bond acceptors (Lipinski definition) is 4. The molecule has 1 aliphatic rings. The Labute approximate surface area is 141 Å². The second-order valence-electron chi connectivity index (χ2n) is 6.33. The molecule has 0 aliphatic carbocycles. The number of hydrogen-bond donors (Lipinski definition) is 1. The molecule has 128 valence electrons. The SMILES string of the molecule is CCN1CCC[C@@H]1CNC(=O)Cc1nn(C)c(=O)c2ccccc12. The van der Waals surface area contributed by atoms with E-state index >= 15 is 0 Å². The number of nitrogens with zero attached hydrogens (tertiary/aromatic N) is 3. The zero-order valence-electron chi connectivity index (χ0n) is 14.3. The maximum Gasteiger partial charge on any atom is 0.274 e. The zero-order chi connectivity index (χ0) is 17.1. The molecule has 1 amide bonds. The van der Waals surface area contributed by atoms with E-state index in [-0.39, 0.29) is 17.9 Å². The minimum atomic E-state index is -0.140. The van der Waals surface area contributed by atoms with Gasteiger partial charge in [0.25, 0.3) is 5.56 Å². The molecule has 1 aromatic carbocycles. The summed E-state index contributed by atoms with van der Waals surface area (Å²) in [6, 6.07) is 7.75. The van der Waals surface area contributed by atoms with Crippen molar-refractivity contribution >= 4 is 16.7 Å². The van der Waals surface area contributed by atoms with Crippen molar-refractivity contribution in [1.29, 1.82) is 0 Å². The Balaban J connectivity index is 1.72. The van der Waals surface area contributed by atoms with E-state index in [0.29, 0.717) is 23.7 Å². The van der Waals surface area contributed by atoms with Crippen LogP contribution in [0.5, 0.6) is 0 Å². The summed E-state index contributed by atoms with van der Waals surface area (Å²) < 4.78 is 1.31. The topological polar surface area (TPSA) is 67.2 Å². The maximum atomic E-state index is 12.3. The standard InChI is InChI=1S/C18H24N4O2/c1-3-22-10-6-7-13(22)12-19-17(23)11-16-14-8-4-5-9-15(14)18(24)21(2)20-16/h4-5,8-9,13H,3,6-7,10-12H2,1-2H3,(H,19,23)/t13-/m1/s1. The van der Waals surface area contributed by atoms with E-state index < -0.39 is 0 Å². The summed E-state index contributed by atoms with van der Waals surface area (Å²) in [6.07, 6.45) is 2.52. The normalized spacial score (nSPS) is 18.2. The minimum absolute atomic E-state index is 0.0470. The number of rotatable bonds is 5. The van der Waals surface area contributed by atoms with E-state index in [1.807, 2.05) is 18.2 Å². The Morgan fingerprint density at radius 3 is 2.83 bits per heavy atom. The molecule has 6 heteroatoms. The van der Waals surface area contributed by atoms with Gasteiger partial charge in [0.2, 0.25) is 5.91 Å². The van der Waals surface area contributed by atoms with E-state index in [9.17, 15) is 9.59 Å². The molecule has 1 N–H and O–H groups in total. The van der Waals surface area contributed by atoms with Crippen LogP contribution in [0.1, 0.15) is 25.5 Å². The summed E-state index contributed by atoms with van der Waals surface area (Å²) in [7, 11) is 1.62. The lowest BCUT2D eigenvalue weighted by atomic mass is 10.1. The Morgan fingerprint density at radius 2 is 2.08 bits per heavy atom. The van der Waals surface area contributed by atoms with Gasteiger partial charge in [-0.15, -0.1) is 0 Å². The third-order valence-corrected chi connectivity index (χ3v) is 4.80. The van der Waals surface area contributed by atoms with Crippen LogP contribution in [0.3, 0.4) is 0 Å². The predicted octanol–water partition coefficient (Wildman–Crippen LogP) is 1.08. The van der Waals surface area contributed by atoms with Gasteiger partial charge in [0.1, 0.15) is 0 Å². The Kier molecular flexibility index (Phi) is 4.94. The van der Waals surface area contributed by atoms with Gasteiger partial charge in [0, 0.05) is 25.0 Å². The highest BCUT2D eigenvalue weighted by Gasteiger charge is 2.23. The summed E-state index contributed by atoms with van der Waals surface area (Å²) in [5.74, 6) is -0.0470. The van der Waals surface area contributed by atoms with Gasteiger partial charge in [-0.1, -0.05) is 25.1 Å². The first-order chi connectivity index (χ1) is 11.6. The molecule has 1 aliphatic heterocycles. The molecule has 3 rings (SSSR count). The molecule has 0 saturated carbocycles. The first kappa shape index (κ1) is 16.6. The molecule has 24 heavy (non-hydrogen) atoms. The van der Waals surface area contributed by atoms with Crippen LogP contribution in [-0.4, -0.2) is 46.3 Å². The van der Waals surface area contributed by atoms with Gasteiger partial charge in [0.15, 0.2) is 0 Å². The third-order valence-electron chi connectivity index (χ3n) is 4.80. The monoisotopic (exact) mass is 328 g/mol. The van der Waals surface area contributed by atoms with Crippen LogP contribution in [0.4, 0.5) is 0 Å². The van der Waals surface area contributed by atoms with Crippen molar-refractivity contribution in [3.63, 3.8) is 0 Å². The molecule has 2 heterocycles. The van der Waals surface area contributed by atoms with Crippen LogP contribution >= 0.6 is 0 Å². The van der Waals surface area contributed by atoms with E-state index in [2.05, 4.69) is 22.2 Å². The van der Waals surface area contributed by atoms with Crippen LogP contribution in [0, 0.1) is 0 Å². The van der Waals surface area contributed by atoms with Crippen LogP contribution < -0.4 is 10.9 Å². The fourth-order valence-electron chi connectivity index (χ4n) is 3.50. The maximum absolute atomic E-state index is 12.3. The first-order valence-corrected chi connectivity index (χ1v) is 8.55. The van der Waals surface area contributed by atoms with Crippen molar-refractivity contribution in [2.45, 2.75) is 32.2 Å². The Bertz CT molecular complexity index is 799. The van der Waals surface area contributed by atoms with Crippen LogP contribution in [0.2, 0.25) is 0 Å². The number of likely N-dealkylation sites (tertiary alicyclic amines) is 1. The summed E-state index contributed by atoms with van der Waals surface area (Å²) in [6.45, 7) is 4.97. The number of amides is 1. The molecule has 0 radical (unpaired) electrons. The molecule has 0 unspecified atom stereocenters. The van der Waals surface area contributed by atoms with Crippen molar-refractivity contribution in [2.75, 3.05) is 19.6 Å². The van der Waals surface area contributed by atoms with Gasteiger partial charge >= 0.3 is 0 Å². The van der Waals surface area contributed by atoms with Crippen molar-refractivity contribution in [3.8, 4) is 0 Å². The smallest absolute Gasteiger partial charge is 0.274 e. The number of nitrogens with one attached hydrogen (secondary N) is 1. The lowest BCUT2D eigenvalue weighted by Gasteiger charge is -2.22. The van der Waals surface area contributed by atoms with Gasteiger partial charge in [-0.2, -0.15) is 5.10 Å². The molecule has 1 atom stereocenters. The van der Waals surface area contributed by atoms with E-state index in [4.69, 9.17) is 0 Å². The molecular weight excluding hydrogens is 304 g/mol. The van der Waals surface area contributed by atoms with Gasteiger partial charge in [0.05, 0.1) is 17.5 Å². The number of fused-ring (bicyclic) bond motifs is 1. The van der Waals surface area contributed by atoms with E-state index in [1.54, 1.807) is 13.1 Å². The van der Waals surface area contributed by atoms with E-state index in [0.717, 1.165) is 24.9 Å². The second kappa shape index (κ2) is 7.13. The number of benzene rings is 1. The first-order valence-electron chi connectivity index (χ1n) is 8.55. The van der Waals surface area contributed by atoms with Crippen molar-refractivity contribution in [2.24, 2.45) is 7.05 Å². The number of aromatic nitrogens is 2. The molecule has 2 aromatic rings. The van der Waals surface area contributed by atoms with Crippen molar-refractivity contribution < 1.29 is 4.79 Å². The highest BCUT2D eigenvalue weighted by Crippen LogP contribution is 2.16. The Hall–Kier alpha value is -2.21. The zero-order valence-corrected chi connectivity index (χ0v) is 14.3. The van der Waals surface area contributed by atoms with Gasteiger partial charge < -0.3 is 5.32 Å². The second-order valence-corrected chi connectivity index (χ2v) is 6.33. The molecular formula is C18H24N4O2. The van der Waals surface area contributed by atoms with E-state index in [1.165, 1.54) is 11.1 Å². The molecule has 1 aromatic heterocycles. The largest absolute Gasteiger partial charge is 0.354 e. The summed E-state index contributed by atoms with van der Waals surface area (Å²) in [4.78, 5) is 26.9. The highest BCUT2D eigenvalue weighted by molar-refractivity contribution is 5.88. The molecule has 1 saturated heterocycles. The van der Waals surface area contributed by atoms with Gasteiger partial charge in [-0.05, 0) is 32.0 Å². The lowest BCUT2D eigenvalue weighted by Crippen LogP contribution is -2.40. The van der Waals surface area contributed by atoms with Crippen molar-refractivity contribution in [3.05, 3.63) is 40.3 Å². The summed E-state index contributed by atoms with van der Waals surface area (Å²) in [5.41, 5.74) is 0.503. The lowest BCUT2D eigenvalue weighted by molar-refractivity contribution is -0.120. The fourth-order valence-corrected chi connectivity index (χ4v) is 3.50. The molecule has 1 fully saturated rings. The predicted molar refractivity (Wildman–Crippen MR) is 94.0 cm³/mol. The summed E-state index contributed by atoms with van der Waals surface area (Å²) >= 11 is 0. The quantitative estimate of drug-likeness (QED) is 0.892. The highest BCUT2D eigenvalue weighted by atomic mass is 16.1. The average molecular weight is 328 g/mol. The van der Waals surface area contributed by atoms with Gasteiger partial charge in [-0.3, -0.25) is 14.5 Å². The number of aryl methyl sites for hydroxylation is 1. The molecule has 6 nitrogen and oxygen atoms in total. The number of carbonyl (C=O) groups is 1. The number of likely N-dealkylation sites (N-methyl/N-ethyl adjacent to an activating group) is 1. The molecule has 0 bridgehead atoms. The van der Waals surface area contributed by atoms with Crippen LogP contribution in [-0.2, 0) is 18.3 Å². The van der Waals surface area contributed by atoms with Crippen LogP contribution in [0.15, 0.2) is 29.1 Å². The minimum Gasteiger partial charge on any atom is -0.354 e. The van der Waals surface area contributed by atoms with Crippen LogP contribution in [0.25, 0.3) is 10.8 Å². The average Bonchev–Trinajstić information content (AvgIpc) is 3.05. The van der Waals surface area contributed by atoms with Crippen molar-refractivity contribution in [1.82, 2.24) is 20.0 Å². The summed E-state index contributed by atoms with van der Waals surface area (Å²) in [5, 5.41) is 8.67. The number of carbonyl (C=O) groups excluding carboxylic acids is 1.